The second-order valence-electron chi connectivity index (χ2n) is 6.81. The lowest BCUT2D eigenvalue weighted by atomic mass is 10.1. The van der Waals surface area contributed by atoms with Gasteiger partial charge in [-0.2, -0.15) is 13.2 Å². The first kappa shape index (κ1) is 23.4. The highest BCUT2D eigenvalue weighted by Crippen LogP contribution is 2.37. The van der Waals surface area contributed by atoms with E-state index in [2.05, 4.69) is 5.32 Å². The Kier molecular flexibility index (Phi) is 7.24. The highest BCUT2D eigenvalue weighted by Gasteiger charge is 2.31. The van der Waals surface area contributed by atoms with Gasteiger partial charge in [-0.15, -0.1) is 0 Å². The van der Waals surface area contributed by atoms with Gasteiger partial charge in [0, 0.05) is 24.0 Å². The van der Waals surface area contributed by atoms with Crippen molar-refractivity contribution in [2.45, 2.75) is 33.0 Å². The lowest BCUT2D eigenvalue weighted by Crippen LogP contribution is -2.20. The molecular formula is C22H21F3N2O4S. The topological polar surface area (TPSA) is 69.6 Å². The van der Waals surface area contributed by atoms with Crippen LogP contribution in [0.25, 0.3) is 0 Å². The molecule has 0 aliphatic carbocycles. The zero-order chi connectivity index (χ0) is 23.3. The van der Waals surface area contributed by atoms with Crippen LogP contribution in [-0.4, -0.2) is 17.1 Å². The molecule has 0 aliphatic rings. The van der Waals surface area contributed by atoms with Gasteiger partial charge in [0.2, 0.25) is 5.91 Å². The minimum Gasteiger partial charge on any atom is -0.494 e. The highest BCUT2D eigenvalue weighted by atomic mass is 32.1. The lowest BCUT2D eigenvalue weighted by molar-refractivity contribution is -0.137. The number of benzene rings is 2. The molecule has 32 heavy (non-hydrogen) atoms. The number of alkyl halides is 3. The van der Waals surface area contributed by atoms with Crippen molar-refractivity contribution in [2.75, 3.05) is 11.9 Å². The van der Waals surface area contributed by atoms with E-state index in [0.717, 1.165) is 29.5 Å². The van der Waals surface area contributed by atoms with Crippen molar-refractivity contribution in [1.82, 2.24) is 4.57 Å². The summed E-state index contributed by atoms with van der Waals surface area (Å²) in [6.07, 6.45) is -4.67. The molecule has 0 saturated carbocycles. The van der Waals surface area contributed by atoms with Crippen LogP contribution < -0.4 is 19.7 Å². The molecule has 1 heterocycles. The van der Waals surface area contributed by atoms with Gasteiger partial charge in [0.05, 0.1) is 17.9 Å². The first-order valence-corrected chi connectivity index (χ1v) is 10.6. The van der Waals surface area contributed by atoms with E-state index in [-0.39, 0.29) is 29.3 Å². The van der Waals surface area contributed by atoms with Crippen molar-refractivity contribution >= 4 is 22.9 Å². The number of hydrogen-bond acceptors (Lipinski definition) is 5. The molecule has 10 heteroatoms. The summed E-state index contributed by atoms with van der Waals surface area (Å²) in [5.41, 5.74) is -0.323. The number of halogens is 3. The van der Waals surface area contributed by atoms with Crippen LogP contribution in [0.5, 0.6) is 17.2 Å². The molecule has 170 valence electrons. The summed E-state index contributed by atoms with van der Waals surface area (Å²) in [7, 11) is 0. The molecule has 1 amide bonds. The molecule has 0 atom stereocenters. The number of ether oxygens (including phenoxy) is 2. The molecule has 0 unspecified atom stereocenters. The third-order valence-electron chi connectivity index (χ3n) is 4.48. The van der Waals surface area contributed by atoms with E-state index < -0.39 is 17.6 Å². The van der Waals surface area contributed by atoms with Crippen molar-refractivity contribution in [1.29, 1.82) is 0 Å². The molecule has 3 rings (SSSR count). The molecule has 2 aromatic carbocycles. The summed E-state index contributed by atoms with van der Waals surface area (Å²) >= 11 is 1.02. The molecule has 6 nitrogen and oxygen atoms in total. The van der Waals surface area contributed by atoms with E-state index in [1.807, 2.05) is 6.92 Å². The largest absolute Gasteiger partial charge is 0.494 e. The molecule has 0 aliphatic heterocycles. The Bertz CT molecular complexity index is 1140. The van der Waals surface area contributed by atoms with Crippen molar-refractivity contribution in [3.05, 3.63) is 68.8 Å². The molecule has 0 fully saturated rings. The average Bonchev–Trinajstić information content (AvgIpc) is 3.06. The van der Waals surface area contributed by atoms with Crippen LogP contribution in [0.4, 0.5) is 18.9 Å². The standard InChI is InChI=1S/C22H21F3N2O4S/c1-3-30-16-5-7-17(8-6-16)31-19-9-4-15(22(23,24)25)12-18(19)26-20(28)10-11-27-14(2)13-32-21(27)29/h4-9,12-13H,3,10-11H2,1-2H3,(H,26,28). The predicted octanol–water partition coefficient (Wildman–Crippen LogP) is 5.46. The monoisotopic (exact) mass is 466 g/mol. The number of hydrogen-bond donors (Lipinski definition) is 1. The van der Waals surface area contributed by atoms with Crippen LogP contribution in [0.3, 0.4) is 0 Å². The fourth-order valence-corrected chi connectivity index (χ4v) is 3.65. The molecule has 1 aromatic heterocycles. The van der Waals surface area contributed by atoms with E-state index in [4.69, 9.17) is 9.47 Å². The van der Waals surface area contributed by atoms with Gasteiger partial charge in [-0.1, -0.05) is 11.3 Å². The Morgan fingerprint density at radius 1 is 1.12 bits per heavy atom. The molecule has 3 aromatic rings. The van der Waals surface area contributed by atoms with Gasteiger partial charge in [0.1, 0.15) is 11.5 Å². The normalized spacial score (nSPS) is 11.3. The number of carbonyl (C=O) groups excluding carboxylic acids is 1. The van der Waals surface area contributed by atoms with E-state index in [9.17, 15) is 22.8 Å². The third-order valence-corrected chi connectivity index (χ3v) is 5.36. The predicted molar refractivity (Wildman–Crippen MR) is 116 cm³/mol. The Morgan fingerprint density at radius 3 is 2.41 bits per heavy atom. The minimum absolute atomic E-state index is 0.0550. The SMILES string of the molecule is CCOc1ccc(Oc2ccc(C(F)(F)F)cc2NC(=O)CCn2c(C)csc2=O)cc1. The molecule has 0 saturated heterocycles. The summed E-state index contributed by atoms with van der Waals surface area (Å²) in [5.74, 6) is 0.502. The number of anilines is 1. The average molecular weight is 466 g/mol. The molecule has 0 radical (unpaired) electrons. The van der Waals surface area contributed by atoms with E-state index >= 15 is 0 Å². The maximum absolute atomic E-state index is 13.2. The van der Waals surface area contributed by atoms with Crippen LogP contribution in [0, 0.1) is 6.92 Å². The van der Waals surface area contributed by atoms with Crippen molar-refractivity contribution in [3.8, 4) is 17.2 Å². The van der Waals surface area contributed by atoms with Gasteiger partial charge in [0.15, 0.2) is 5.75 Å². The Labute approximate surface area is 186 Å². The lowest BCUT2D eigenvalue weighted by Gasteiger charge is -2.16. The van der Waals surface area contributed by atoms with E-state index in [1.54, 1.807) is 36.6 Å². The van der Waals surface area contributed by atoms with E-state index in [0.29, 0.717) is 23.8 Å². The highest BCUT2D eigenvalue weighted by molar-refractivity contribution is 7.07. The van der Waals surface area contributed by atoms with E-state index in [1.165, 1.54) is 4.57 Å². The van der Waals surface area contributed by atoms with Gasteiger partial charge in [-0.3, -0.25) is 9.59 Å². The maximum Gasteiger partial charge on any atom is 0.416 e. The summed E-state index contributed by atoms with van der Waals surface area (Å²) in [6, 6.07) is 9.42. The summed E-state index contributed by atoms with van der Waals surface area (Å²) < 4.78 is 52.1. The molecule has 0 spiro atoms. The zero-order valence-electron chi connectivity index (χ0n) is 17.4. The summed E-state index contributed by atoms with van der Waals surface area (Å²) in [6.45, 7) is 4.20. The van der Waals surface area contributed by atoms with Crippen LogP contribution >= 0.6 is 11.3 Å². The Hall–Kier alpha value is -3.27. The summed E-state index contributed by atoms with van der Waals surface area (Å²) in [4.78, 5) is 24.0. The Morgan fingerprint density at radius 2 is 1.81 bits per heavy atom. The van der Waals surface area contributed by atoms with Crippen LogP contribution in [0.1, 0.15) is 24.6 Å². The summed E-state index contributed by atoms with van der Waals surface area (Å²) in [5, 5.41) is 4.15. The van der Waals surface area contributed by atoms with Gasteiger partial charge in [0.25, 0.3) is 0 Å². The van der Waals surface area contributed by atoms with Crippen LogP contribution in [0.2, 0.25) is 0 Å². The van der Waals surface area contributed by atoms with Gasteiger partial charge in [-0.25, -0.2) is 0 Å². The number of thiazole rings is 1. The maximum atomic E-state index is 13.2. The number of amides is 1. The van der Waals surface area contributed by atoms with Crippen LogP contribution in [-0.2, 0) is 17.5 Å². The smallest absolute Gasteiger partial charge is 0.416 e. The first-order chi connectivity index (χ1) is 15.2. The van der Waals surface area contributed by atoms with Gasteiger partial charge >= 0.3 is 11.0 Å². The minimum atomic E-state index is -4.59. The number of nitrogens with one attached hydrogen (secondary N) is 1. The fourth-order valence-electron chi connectivity index (χ4n) is 2.89. The second-order valence-corrected chi connectivity index (χ2v) is 7.63. The number of aryl methyl sites for hydroxylation is 1. The fraction of sp³-hybridized carbons (Fsp3) is 0.273. The first-order valence-electron chi connectivity index (χ1n) is 9.74. The van der Waals surface area contributed by atoms with Gasteiger partial charge in [-0.05, 0) is 56.3 Å². The van der Waals surface area contributed by atoms with Crippen molar-refractivity contribution < 1.29 is 27.4 Å². The number of nitrogens with zero attached hydrogens (tertiary/aromatic N) is 1. The molecular weight excluding hydrogens is 445 g/mol. The van der Waals surface area contributed by atoms with Crippen molar-refractivity contribution in [3.63, 3.8) is 0 Å². The molecule has 0 bridgehead atoms. The second kappa shape index (κ2) is 9.90. The number of aromatic nitrogens is 1. The van der Waals surface area contributed by atoms with Gasteiger partial charge < -0.3 is 19.4 Å². The zero-order valence-corrected chi connectivity index (χ0v) is 18.2. The number of rotatable bonds is 8. The van der Waals surface area contributed by atoms with Crippen molar-refractivity contribution in [2.24, 2.45) is 0 Å². The quantitative estimate of drug-likeness (QED) is 0.479. The third kappa shape index (κ3) is 5.91. The van der Waals surface area contributed by atoms with Crippen LogP contribution in [0.15, 0.2) is 52.6 Å². The number of carbonyl (C=O) groups is 1. The Balaban J connectivity index is 1.79. The molecule has 1 N–H and O–H groups in total.